The van der Waals surface area contributed by atoms with Crippen molar-refractivity contribution in [3.05, 3.63) is 107 Å². The zero-order valence-electron chi connectivity index (χ0n) is 23.1. The molecular formula is C33H37N5O3. The Hall–Kier alpha value is -4.43. The molecule has 5 N–H and O–H groups in total. The first-order valence-electron chi connectivity index (χ1n) is 14.3. The van der Waals surface area contributed by atoms with E-state index in [-0.39, 0.29) is 30.7 Å². The van der Waals surface area contributed by atoms with Crippen molar-refractivity contribution in [3.63, 3.8) is 0 Å². The van der Waals surface area contributed by atoms with Gasteiger partial charge in [0.25, 0.3) is 0 Å². The number of carbonyl (C=O) groups excluding carboxylic acids is 3. The van der Waals surface area contributed by atoms with Gasteiger partial charge in [0.2, 0.25) is 17.7 Å². The van der Waals surface area contributed by atoms with Crippen LogP contribution in [0.25, 0.3) is 10.9 Å². The number of nitrogens with two attached hydrogens (primary N) is 1. The summed E-state index contributed by atoms with van der Waals surface area (Å²) in [6, 6.07) is 25.6. The molecule has 5 rings (SSSR count). The summed E-state index contributed by atoms with van der Waals surface area (Å²) >= 11 is 0. The van der Waals surface area contributed by atoms with Crippen molar-refractivity contribution in [2.45, 2.75) is 57.3 Å². The third-order valence-corrected chi connectivity index (χ3v) is 7.68. The molecule has 2 atom stereocenters. The van der Waals surface area contributed by atoms with Gasteiger partial charge in [-0.05, 0) is 48.6 Å². The second-order valence-electron chi connectivity index (χ2n) is 10.6. The minimum atomic E-state index is -0.800. The Labute approximate surface area is 240 Å². The Kier molecular flexibility index (Phi) is 9.11. The van der Waals surface area contributed by atoms with Crippen LogP contribution in [0.4, 0.5) is 0 Å². The monoisotopic (exact) mass is 551 g/mol. The van der Waals surface area contributed by atoms with E-state index in [0.29, 0.717) is 32.4 Å². The maximum absolute atomic E-state index is 14.2. The zero-order valence-corrected chi connectivity index (χ0v) is 23.1. The molecule has 3 aromatic carbocycles. The van der Waals surface area contributed by atoms with Crippen LogP contribution in [0.1, 0.15) is 41.6 Å². The quantitative estimate of drug-likeness (QED) is 0.213. The molecular weight excluding hydrogens is 514 g/mol. The van der Waals surface area contributed by atoms with Crippen LogP contribution in [0.2, 0.25) is 0 Å². The Morgan fingerprint density at radius 1 is 0.927 bits per heavy atom. The molecule has 2 heterocycles. The van der Waals surface area contributed by atoms with E-state index in [1.807, 2.05) is 84.9 Å². The molecule has 0 radical (unpaired) electrons. The van der Waals surface area contributed by atoms with E-state index in [1.54, 1.807) is 4.90 Å². The molecule has 212 valence electrons. The molecule has 4 aromatic rings. The number of fused-ring (bicyclic) bond motifs is 3. The van der Waals surface area contributed by atoms with E-state index in [9.17, 15) is 14.4 Å². The Balaban J connectivity index is 1.45. The largest absolute Gasteiger partial charge is 0.357 e. The van der Waals surface area contributed by atoms with Crippen LogP contribution in [0.3, 0.4) is 0 Å². The lowest BCUT2D eigenvalue weighted by Gasteiger charge is -2.32. The van der Waals surface area contributed by atoms with Gasteiger partial charge < -0.3 is 26.3 Å². The molecule has 41 heavy (non-hydrogen) atoms. The highest BCUT2D eigenvalue weighted by Gasteiger charge is 2.38. The molecule has 0 saturated heterocycles. The first-order valence-corrected chi connectivity index (χ1v) is 14.3. The number of rotatable bonds is 11. The van der Waals surface area contributed by atoms with Crippen LogP contribution in [0.15, 0.2) is 84.9 Å². The van der Waals surface area contributed by atoms with Gasteiger partial charge in [-0.3, -0.25) is 14.4 Å². The van der Waals surface area contributed by atoms with Crippen LogP contribution < -0.4 is 16.4 Å². The second-order valence-corrected chi connectivity index (χ2v) is 10.6. The van der Waals surface area contributed by atoms with E-state index in [4.69, 9.17) is 5.73 Å². The third-order valence-electron chi connectivity index (χ3n) is 7.68. The van der Waals surface area contributed by atoms with Gasteiger partial charge in [-0.1, -0.05) is 78.9 Å². The van der Waals surface area contributed by atoms with Gasteiger partial charge in [-0.2, -0.15) is 0 Å². The van der Waals surface area contributed by atoms with Crippen molar-refractivity contribution in [3.8, 4) is 0 Å². The summed E-state index contributed by atoms with van der Waals surface area (Å²) in [5.74, 6) is -0.702. The van der Waals surface area contributed by atoms with Gasteiger partial charge in [0, 0.05) is 29.6 Å². The molecule has 1 aliphatic rings. The lowest BCUT2D eigenvalue weighted by molar-refractivity contribution is -0.144. The van der Waals surface area contributed by atoms with Crippen molar-refractivity contribution < 1.29 is 14.4 Å². The number of unbranched alkanes of at least 4 members (excludes halogenated alkanes) is 1. The highest BCUT2D eigenvalue weighted by molar-refractivity contribution is 5.94. The van der Waals surface area contributed by atoms with Crippen LogP contribution in [-0.2, 0) is 40.3 Å². The third kappa shape index (κ3) is 6.84. The number of H-pyrrole nitrogens is 1. The molecule has 3 amide bonds. The minimum Gasteiger partial charge on any atom is -0.357 e. The molecule has 0 unspecified atom stereocenters. The summed E-state index contributed by atoms with van der Waals surface area (Å²) in [5.41, 5.74) is 10.5. The molecule has 8 nitrogen and oxygen atoms in total. The summed E-state index contributed by atoms with van der Waals surface area (Å²) in [7, 11) is 0. The lowest BCUT2D eigenvalue weighted by Crippen LogP contribution is -2.55. The zero-order chi connectivity index (χ0) is 28.6. The van der Waals surface area contributed by atoms with Gasteiger partial charge in [0.05, 0.1) is 13.0 Å². The molecule has 0 aliphatic carbocycles. The minimum absolute atomic E-state index is 0.169. The maximum Gasteiger partial charge on any atom is 0.246 e. The summed E-state index contributed by atoms with van der Waals surface area (Å²) in [4.78, 5) is 46.1. The average molecular weight is 552 g/mol. The van der Waals surface area contributed by atoms with Crippen LogP contribution >= 0.6 is 0 Å². The molecule has 0 fully saturated rings. The molecule has 0 bridgehead atoms. The number of hydrogen-bond donors (Lipinski definition) is 4. The lowest BCUT2D eigenvalue weighted by atomic mass is 10.0. The summed E-state index contributed by atoms with van der Waals surface area (Å²) in [6.07, 6.45) is 2.44. The fourth-order valence-corrected chi connectivity index (χ4v) is 5.58. The van der Waals surface area contributed by atoms with Crippen LogP contribution in [0, 0.1) is 0 Å². The van der Waals surface area contributed by atoms with Crippen LogP contribution in [-0.4, -0.2) is 46.2 Å². The summed E-state index contributed by atoms with van der Waals surface area (Å²) in [5, 5.41) is 7.07. The van der Waals surface area contributed by atoms with Crippen LogP contribution in [0.5, 0.6) is 0 Å². The predicted octanol–water partition coefficient (Wildman–Crippen LogP) is 3.59. The van der Waals surface area contributed by atoms with E-state index in [0.717, 1.165) is 39.7 Å². The molecule has 0 saturated carbocycles. The Bertz CT molecular complexity index is 1480. The Morgan fingerprint density at radius 3 is 2.34 bits per heavy atom. The number of para-hydroxylation sites is 1. The smallest absolute Gasteiger partial charge is 0.246 e. The fraction of sp³-hybridized carbons (Fsp3) is 0.303. The molecule has 0 spiro atoms. The number of carbonyl (C=O) groups is 3. The number of aromatic amines is 1. The Morgan fingerprint density at radius 2 is 1.61 bits per heavy atom. The average Bonchev–Trinajstić information content (AvgIpc) is 3.28. The number of amides is 3. The molecule has 1 aliphatic heterocycles. The number of nitrogens with one attached hydrogen (secondary N) is 3. The molecule has 8 heteroatoms. The topological polar surface area (TPSA) is 120 Å². The van der Waals surface area contributed by atoms with Crippen molar-refractivity contribution >= 4 is 28.6 Å². The molecule has 1 aromatic heterocycles. The van der Waals surface area contributed by atoms with Gasteiger partial charge in [-0.25, -0.2) is 0 Å². The fourth-order valence-electron chi connectivity index (χ4n) is 5.58. The van der Waals surface area contributed by atoms with Gasteiger partial charge in [0.15, 0.2) is 0 Å². The van der Waals surface area contributed by atoms with Crippen molar-refractivity contribution in [1.82, 2.24) is 20.5 Å². The summed E-state index contributed by atoms with van der Waals surface area (Å²) in [6.45, 7) is 1.13. The second kappa shape index (κ2) is 13.3. The SMILES string of the molecule is NCCCC[C@@H](C(=O)NCc1ccccc1)N1Cc2[nH]c3ccccc3c2C[C@@H](NC(=O)Cc2ccccc2)C1=O. The van der Waals surface area contributed by atoms with Crippen molar-refractivity contribution in [2.75, 3.05) is 6.54 Å². The highest BCUT2D eigenvalue weighted by Crippen LogP contribution is 2.29. The van der Waals surface area contributed by atoms with Gasteiger partial charge >= 0.3 is 0 Å². The van der Waals surface area contributed by atoms with E-state index < -0.39 is 12.1 Å². The van der Waals surface area contributed by atoms with E-state index in [2.05, 4.69) is 15.6 Å². The highest BCUT2D eigenvalue weighted by atomic mass is 16.2. The van der Waals surface area contributed by atoms with Gasteiger partial charge in [-0.15, -0.1) is 0 Å². The van der Waals surface area contributed by atoms with E-state index >= 15 is 0 Å². The number of benzene rings is 3. The standard InChI is InChI=1S/C33H37N5O3/c34-18-10-9-17-30(32(40)35-21-24-13-5-2-6-14-24)38-22-29-26(25-15-7-8-16-27(25)36-29)20-28(33(38)41)37-31(39)19-23-11-3-1-4-12-23/h1-8,11-16,28,30,36H,9-10,17-22,34H2,(H,35,40)(H,37,39)/t28-,30+/m1/s1. The van der Waals surface area contributed by atoms with E-state index in [1.165, 1.54) is 0 Å². The van der Waals surface area contributed by atoms with Gasteiger partial charge in [0.1, 0.15) is 12.1 Å². The number of aromatic nitrogens is 1. The normalized spacial score (nSPS) is 15.7. The number of nitrogens with zero attached hydrogens (tertiary/aromatic N) is 1. The first-order chi connectivity index (χ1) is 20.0. The number of hydrogen-bond acceptors (Lipinski definition) is 4. The van der Waals surface area contributed by atoms with Crippen molar-refractivity contribution in [1.29, 1.82) is 0 Å². The predicted molar refractivity (Wildman–Crippen MR) is 160 cm³/mol. The first kappa shape index (κ1) is 28.1. The van der Waals surface area contributed by atoms with Crippen molar-refractivity contribution in [2.24, 2.45) is 5.73 Å². The summed E-state index contributed by atoms with van der Waals surface area (Å²) < 4.78 is 0. The maximum atomic E-state index is 14.2.